The molecule has 0 saturated heterocycles. The van der Waals surface area contributed by atoms with Crippen molar-refractivity contribution in [3.05, 3.63) is 21.9 Å². The van der Waals surface area contributed by atoms with Crippen molar-refractivity contribution in [2.75, 3.05) is 13.6 Å². The second-order valence-electron chi connectivity index (χ2n) is 4.33. The fraction of sp³-hybridized carbons (Fsp3) is 0.545. The van der Waals surface area contributed by atoms with E-state index in [4.69, 9.17) is 5.84 Å². The highest BCUT2D eigenvalue weighted by atomic mass is 32.1. The molecule has 0 unspecified atom stereocenters. The van der Waals surface area contributed by atoms with Crippen molar-refractivity contribution in [2.24, 2.45) is 11.8 Å². The summed E-state index contributed by atoms with van der Waals surface area (Å²) in [6.45, 7) is 6.31. The van der Waals surface area contributed by atoms with Crippen LogP contribution in [0.3, 0.4) is 0 Å². The minimum atomic E-state index is -0.220. The number of nitrogens with zero attached hydrogens (tertiary/aromatic N) is 1. The Hall–Kier alpha value is -0.910. The van der Waals surface area contributed by atoms with Gasteiger partial charge in [0.2, 0.25) is 0 Å². The molecule has 0 spiro atoms. The Labute approximate surface area is 100 Å². The maximum Gasteiger partial charge on any atom is 0.275 e. The van der Waals surface area contributed by atoms with E-state index < -0.39 is 0 Å². The van der Waals surface area contributed by atoms with Crippen molar-refractivity contribution < 1.29 is 4.79 Å². The zero-order chi connectivity index (χ0) is 12.1. The third kappa shape index (κ3) is 3.92. The van der Waals surface area contributed by atoms with E-state index in [1.807, 2.05) is 12.1 Å². The standard InChI is InChI=1S/C11H19N3OS/c1-8(2)6-14(3)7-9-4-5-10(16-9)11(15)13-12/h4-5,8H,6-7,12H2,1-3H3,(H,13,15). The van der Waals surface area contributed by atoms with Gasteiger partial charge in [0.25, 0.3) is 5.91 Å². The first-order valence-electron chi connectivity index (χ1n) is 5.31. The average molecular weight is 241 g/mol. The van der Waals surface area contributed by atoms with Crippen LogP contribution in [0, 0.1) is 5.92 Å². The molecule has 1 amide bonds. The summed E-state index contributed by atoms with van der Waals surface area (Å²) in [5, 5.41) is 0. The molecule has 0 saturated carbocycles. The first-order valence-corrected chi connectivity index (χ1v) is 6.12. The van der Waals surface area contributed by atoms with Crippen LogP contribution < -0.4 is 11.3 Å². The van der Waals surface area contributed by atoms with Crippen LogP contribution in [0.25, 0.3) is 0 Å². The number of hydrogen-bond donors (Lipinski definition) is 2. The molecule has 0 aliphatic heterocycles. The molecule has 0 fully saturated rings. The summed E-state index contributed by atoms with van der Waals surface area (Å²) < 4.78 is 0. The van der Waals surface area contributed by atoms with E-state index in [-0.39, 0.29) is 5.91 Å². The van der Waals surface area contributed by atoms with E-state index >= 15 is 0 Å². The molecule has 90 valence electrons. The minimum absolute atomic E-state index is 0.220. The molecule has 0 aromatic carbocycles. The lowest BCUT2D eigenvalue weighted by atomic mass is 10.2. The summed E-state index contributed by atoms with van der Waals surface area (Å²) >= 11 is 1.49. The zero-order valence-electron chi connectivity index (χ0n) is 9.99. The first-order chi connectivity index (χ1) is 7.52. The van der Waals surface area contributed by atoms with Crippen LogP contribution in [0.15, 0.2) is 12.1 Å². The maximum atomic E-state index is 11.3. The fourth-order valence-electron chi connectivity index (χ4n) is 1.61. The molecule has 0 aliphatic carbocycles. The molecule has 1 aromatic rings. The number of carbonyl (C=O) groups is 1. The Bertz CT molecular complexity index is 349. The van der Waals surface area contributed by atoms with Crippen molar-refractivity contribution in [3.63, 3.8) is 0 Å². The average Bonchev–Trinajstić information content (AvgIpc) is 2.63. The molecule has 0 radical (unpaired) electrons. The monoisotopic (exact) mass is 241 g/mol. The van der Waals surface area contributed by atoms with Crippen LogP contribution in [-0.2, 0) is 6.54 Å². The molecule has 1 aromatic heterocycles. The maximum absolute atomic E-state index is 11.3. The van der Waals surface area contributed by atoms with Gasteiger partial charge in [0.1, 0.15) is 0 Å². The third-order valence-corrected chi connectivity index (χ3v) is 3.19. The predicted octanol–water partition coefficient (Wildman–Crippen LogP) is 1.44. The molecular weight excluding hydrogens is 222 g/mol. The first kappa shape index (κ1) is 13.2. The summed E-state index contributed by atoms with van der Waals surface area (Å²) in [6, 6.07) is 3.79. The number of rotatable bonds is 5. The topological polar surface area (TPSA) is 58.4 Å². The largest absolute Gasteiger partial charge is 0.301 e. The molecule has 5 heteroatoms. The highest BCUT2D eigenvalue weighted by Crippen LogP contribution is 2.18. The van der Waals surface area contributed by atoms with Crippen LogP contribution >= 0.6 is 11.3 Å². The molecule has 3 N–H and O–H groups in total. The number of amides is 1. The third-order valence-electron chi connectivity index (χ3n) is 2.12. The quantitative estimate of drug-likeness (QED) is 0.466. The highest BCUT2D eigenvalue weighted by molar-refractivity contribution is 7.14. The van der Waals surface area contributed by atoms with Gasteiger partial charge in [-0.25, -0.2) is 5.84 Å². The Kier molecular flexibility index (Phi) is 4.92. The molecule has 1 rings (SSSR count). The molecular formula is C11H19N3OS. The van der Waals surface area contributed by atoms with Crippen LogP contribution in [0.4, 0.5) is 0 Å². The van der Waals surface area contributed by atoms with Gasteiger partial charge in [0.05, 0.1) is 4.88 Å². The summed E-state index contributed by atoms with van der Waals surface area (Å²) in [5.74, 6) is 5.51. The number of thiophene rings is 1. The van der Waals surface area contributed by atoms with Crippen LogP contribution in [0.2, 0.25) is 0 Å². The summed E-state index contributed by atoms with van der Waals surface area (Å²) in [5.41, 5.74) is 2.14. The van der Waals surface area contributed by atoms with E-state index in [0.717, 1.165) is 13.1 Å². The van der Waals surface area contributed by atoms with Gasteiger partial charge in [-0.2, -0.15) is 0 Å². The van der Waals surface area contributed by atoms with E-state index in [0.29, 0.717) is 10.8 Å². The van der Waals surface area contributed by atoms with Crippen LogP contribution in [-0.4, -0.2) is 24.4 Å². The fourth-order valence-corrected chi connectivity index (χ4v) is 2.60. The van der Waals surface area contributed by atoms with Gasteiger partial charge >= 0.3 is 0 Å². The van der Waals surface area contributed by atoms with Crippen LogP contribution in [0.1, 0.15) is 28.4 Å². The van der Waals surface area contributed by atoms with Gasteiger partial charge in [-0.3, -0.25) is 10.2 Å². The van der Waals surface area contributed by atoms with Crippen molar-refractivity contribution in [3.8, 4) is 0 Å². The lowest BCUT2D eigenvalue weighted by Crippen LogP contribution is -2.29. The van der Waals surface area contributed by atoms with Crippen molar-refractivity contribution in [2.45, 2.75) is 20.4 Å². The van der Waals surface area contributed by atoms with E-state index in [1.54, 1.807) is 0 Å². The molecule has 0 bridgehead atoms. The Balaban J connectivity index is 2.55. The van der Waals surface area contributed by atoms with E-state index in [1.165, 1.54) is 16.2 Å². The number of nitrogen functional groups attached to an aromatic ring is 1. The predicted molar refractivity (Wildman–Crippen MR) is 67.1 cm³/mol. The molecule has 0 aliphatic rings. The zero-order valence-corrected chi connectivity index (χ0v) is 10.8. The van der Waals surface area contributed by atoms with Crippen molar-refractivity contribution in [1.29, 1.82) is 0 Å². The summed E-state index contributed by atoms with van der Waals surface area (Å²) in [6.07, 6.45) is 0. The van der Waals surface area contributed by atoms with Crippen molar-refractivity contribution in [1.82, 2.24) is 10.3 Å². The van der Waals surface area contributed by atoms with Crippen molar-refractivity contribution >= 4 is 17.2 Å². The van der Waals surface area contributed by atoms with E-state index in [9.17, 15) is 4.79 Å². The van der Waals surface area contributed by atoms with Gasteiger partial charge in [-0.1, -0.05) is 13.8 Å². The highest BCUT2D eigenvalue weighted by Gasteiger charge is 2.09. The molecule has 0 atom stereocenters. The van der Waals surface area contributed by atoms with Crippen LogP contribution in [0.5, 0.6) is 0 Å². The second kappa shape index (κ2) is 5.98. The Morgan fingerprint density at radius 1 is 1.56 bits per heavy atom. The van der Waals surface area contributed by atoms with E-state index in [2.05, 4.69) is 31.2 Å². The SMILES string of the molecule is CC(C)CN(C)Cc1ccc(C(=O)NN)s1. The van der Waals surface area contributed by atoms with Gasteiger partial charge in [0, 0.05) is 18.0 Å². The number of carbonyl (C=O) groups excluding carboxylic acids is 1. The number of hydrazine groups is 1. The minimum Gasteiger partial charge on any atom is -0.301 e. The lowest BCUT2D eigenvalue weighted by molar-refractivity contribution is 0.0957. The summed E-state index contributed by atoms with van der Waals surface area (Å²) in [7, 11) is 2.09. The molecule has 16 heavy (non-hydrogen) atoms. The summed E-state index contributed by atoms with van der Waals surface area (Å²) in [4.78, 5) is 15.3. The lowest BCUT2D eigenvalue weighted by Gasteiger charge is -2.17. The Morgan fingerprint density at radius 2 is 2.25 bits per heavy atom. The smallest absolute Gasteiger partial charge is 0.275 e. The number of nitrogens with one attached hydrogen (secondary N) is 1. The Morgan fingerprint density at radius 3 is 2.81 bits per heavy atom. The molecule has 4 nitrogen and oxygen atoms in total. The molecule has 1 heterocycles. The normalized spacial score (nSPS) is 11.1. The van der Waals surface area contributed by atoms with Gasteiger partial charge in [-0.15, -0.1) is 11.3 Å². The second-order valence-corrected chi connectivity index (χ2v) is 5.50. The number of hydrogen-bond acceptors (Lipinski definition) is 4. The van der Waals surface area contributed by atoms with Gasteiger partial charge in [0.15, 0.2) is 0 Å². The van der Waals surface area contributed by atoms with Gasteiger partial charge in [-0.05, 0) is 25.1 Å². The number of nitrogens with two attached hydrogens (primary N) is 1. The van der Waals surface area contributed by atoms with Gasteiger partial charge < -0.3 is 4.90 Å².